The van der Waals surface area contributed by atoms with Gasteiger partial charge in [-0.1, -0.05) is 0 Å². The smallest absolute Gasteiger partial charge is 0.242 e. The summed E-state index contributed by atoms with van der Waals surface area (Å²) >= 11 is 5.83. The van der Waals surface area contributed by atoms with Crippen LogP contribution in [0, 0.1) is 0 Å². The van der Waals surface area contributed by atoms with Gasteiger partial charge in [0.1, 0.15) is 17.9 Å². The van der Waals surface area contributed by atoms with Crippen molar-refractivity contribution in [2.45, 2.75) is 12.4 Å². The largest absolute Gasteiger partial charge is 0.347 e. The molecule has 2 rings (SSSR count). The van der Waals surface area contributed by atoms with Crippen LogP contribution >= 0.6 is 11.6 Å². The summed E-state index contributed by atoms with van der Waals surface area (Å²) in [6, 6.07) is 3.67. The van der Waals surface area contributed by atoms with Gasteiger partial charge in [-0.15, -0.1) is 11.6 Å². The zero-order valence-corrected chi connectivity index (χ0v) is 10.5. The fourth-order valence-corrected chi connectivity index (χ4v) is 1.75. The molecule has 0 aliphatic carbocycles. The van der Waals surface area contributed by atoms with Gasteiger partial charge in [0.15, 0.2) is 5.65 Å². The van der Waals surface area contributed by atoms with Gasteiger partial charge in [-0.25, -0.2) is 9.97 Å². The van der Waals surface area contributed by atoms with E-state index in [0.29, 0.717) is 11.5 Å². The third-order valence-electron chi connectivity index (χ3n) is 2.49. The normalized spacial score (nSPS) is 10.8. The van der Waals surface area contributed by atoms with Gasteiger partial charge in [-0.3, -0.25) is 4.79 Å². The Bertz CT molecular complexity index is 549. The lowest BCUT2D eigenvalue weighted by atomic mass is 10.4. The van der Waals surface area contributed by atoms with Gasteiger partial charge in [0.25, 0.3) is 0 Å². The van der Waals surface area contributed by atoms with Crippen LogP contribution in [0.15, 0.2) is 18.3 Å². The summed E-state index contributed by atoms with van der Waals surface area (Å²) in [7, 11) is 3.44. The number of halogens is 1. The molecule has 0 radical (unpaired) electrons. The molecule has 5 nitrogen and oxygen atoms in total. The predicted molar refractivity (Wildman–Crippen MR) is 65.8 cm³/mol. The molecular weight excluding hydrogens is 240 g/mol. The highest BCUT2D eigenvalue weighted by Gasteiger charge is 2.14. The van der Waals surface area contributed by atoms with Crippen LogP contribution in [0.1, 0.15) is 5.82 Å². The Hall–Kier alpha value is -1.62. The van der Waals surface area contributed by atoms with Crippen LogP contribution in [-0.2, 0) is 17.2 Å². The number of alkyl halides is 1. The number of fused-ring (bicyclic) bond motifs is 1. The SMILES string of the molecule is CN(C)C(=O)Cn1c(CCl)nc2cccnc21. The molecule has 90 valence electrons. The molecule has 6 heteroatoms. The second kappa shape index (κ2) is 4.71. The van der Waals surface area contributed by atoms with Crippen molar-refractivity contribution in [2.75, 3.05) is 14.1 Å². The lowest BCUT2D eigenvalue weighted by Crippen LogP contribution is -2.27. The molecule has 0 N–H and O–H groups in total. The number of rotatable bonds is 3. The third kappa shape index (κ3) is 2.24. The molecule has 0 saturated heterocycles. The van der Waals surface area contributed by atoms with Gasteiger partial charge in [0, 0.05) is 20.3 Å². The van der Waals surface area contributed by atoms with Crippen molar-refractivity contribution in [1.82, 2.24) is 19.4 Å². The Labute approximate surface area is 104 Å². The monoisotopic (exact) mass is 252 g/mol. The number of carbonyl (C=O) groups is 1. The number of hydrogen-bond donors (Lipinski definition) is 0. The van der Waals surface area contributed by atoms with Gasteiger partial charge in [-0.2, -0.15) is 0 Å². The van der Waals surface area contributed by atoms with E-state index in [9.17, 15) is 4.79 Å². The van der Waals surface area contributed by atoms with Gasteiger partial charge in [0.2, 0.25) is 5.91 Å². The highest BCUT2D eigenvalue weighted by Crippen LogP contribution is 2.15. The molecule has 2 aromatic rings. The standard InChI is InChI=1S/C11H13ClN4O/c1-15(2)10(17)7-16-9(6-12)14-8-4-3-5-13-11(8)16/h3-5H,6-7H2,1-2H3. The molecule has 0 fully saturated rings. The summed E-state index contributed by atoms with van der Waals surface area (Å²) in [5.41, 5.74) is 1.45. The first-order valence-corrected chi connectivity index (χ1v) is 5.73. The topological polar surface area (TPSA) is 51.0 Å². The molecule has 0 saturated carbocycles. The van der Waals surface area contributed by atoms with E-state index >= 15 is 0 Å². The lowest BCUT2D eigenvalue weighted by Gasteiger charge is -2.12. The average molecular weight is 253 g/mol. The molecule has 17 heavy (non-hydrogen) atoms. The molecule has 2 heterocycles. The number of pyridine rings is 1. The van der Waals surface area contributed by atoms with Crippen molar-refractivity contribution in [3.05, 3.63) is 24.2 Å². The van der Waals surface area contributed by atoms with Gasteiger partial charge in [-0.05, 0) is 12.1 Å². The number of imidazole rings is 1. The van der Waals surface area contributed by atoms with Crippen molar-refractivity contribution in [3.63, 3.8) is 0 Å². The number of nitrogens with zero attached hydrogens (tertiary/aromatic N) is 4. The molecule has 0 aliphatic rings. The van der Waals surface area contributed by atoms with Crippen molar-refractivity contribution in [3.8, 4) is 0 Å². The van der Waals surface area contributed by atoms with Crippen LogP contribution in [0.2, 0.25) is 0 Å². The van der Waals surface area contributed by atoms with Gasteiger partial charge >= 0.3 is 0 Å². The van der Waals surface area contributed by atoms with Crippen molar-refractivity contribution >= 4 is 28.7 Å². The fourth-order valence-electron chi connectivity index (χ4n) is 1.55. The van der Waals surface area contributed by atoms with Crippen LogP contribution in [0.3, 0.4) is 0 Å². The first-order valence-electron chi connectivity index (χ1n) is 5.19. The van der Waals surface area contributed by atoms with Gasteiger partial charge in [0.05, 0.1) is 5.88 Å². The minimum Gasteiger partial charge on any atom is -0.347 e. The maximum Gasteiger partial charge on any atom is 0.242 e. The first-order chi connectivity index (χ1) is 8.13. The first kappa shape index (κ1) is 11.9. The summed E-state index contributed by atoms with van der Waals surface area (Å²) in [5, 5.41) is 0. The maximum absolute atomic E-state index is 11.7. The number of hydrogen-bond acceptors (Lipinski definition) is 3. The van der Waals surface area contributed by atoms with Crippen LogP contribution in [-0.4, -0.2) is 39.4 Å². The zero-order valence-electron chi connectivity index (χ0n) is 9.72. The lowest BCUT2D eigenvalue weighted by molar-refractivity contribution is -0.129. The molecule has 2 aromatic heterocycles. The Morgan fingerprint density at radius 1 is 1.53 bits per heavy atom. The van der Waals surface area contributed by atoms with E-state index in [4.69, 9.17) is 11.6 Å². The summed E-state index contributed by atoms with van der Waals surface area (Å²) in [4.78, 5) is 21.8. The third-order valence-corrected chi connectivity index (χ3v) is 2.73. The van der Waals surface area contributed by atoms with E-state index in [0.717, 1.165) is 5.52 Å². The summed E-state index contributed by atoms with van der Waals surface area (Å²) < 4.78 is 1.75. The van der Waals surface area contributed by atoms with Crippen LogP contribution in [0.25, 0.3) is 11.2 Å². The Balaban J connectivity index is 2.47. The number of carbonyl (C=O) groups excluding carboxylic acids is 1. The molecule has 0 aliphatic heterocycles. The molecule has 0 spiro atoms. The summed E-state index contributed by atoms with van der Waals surface area (Å²) in [6.07, 6.45) is 1.68. The van der Waals surface area contributed by atoms with E-state index < -0.39 is 0 Å². The van der Waals surface area contributed by atoms with Gasteiger partial charge < -0.3 is 9.47 Å². The number of aromatic nitrogens is 3. The van der Waals surface area contributed by atoms with Crippen molar-refractivity contribution < 1.29 is 4.79 Å². The molecule has 0 aromatic carbocycles. The van der Waals surface area contributed by atoms with Crippen LogP contribution in [0.4, 0.5) is 0 Å². The fraction of sp³-hybridized carbons (Fsp3) is 0.364. The second-order valence-electron chi connectivity index (χ2n) is 3.88. The minimum absolute atomic E-state index is 0.0127. The molecule has 0 bridgehead atoms. The van der Waals surface area contributed by atoms with Crippen molar-refractivity contribution in [1.29, 1.82) is 0 Å². The summed E-state index contributed by atoms with van der Waals surface area (Å²) in [6.45, 7) is 0.211. The molecule has 1 amide bonds. The van der Waals surface area contributed by atoms with E-state index in [1.807, 2.05) is 12.1 Å². The Kier molecular flexibility index (Phi) is 3.28. The molecule has 0 unspecified atom stereocenters. The maximum atomic E-state index is 11.7. The zero-order chi connectivity index (χ0) is 12.4. The highest BCUT2D eigenvalue weighted by atomic mass is 35.5. The highest BCUT2D eigenvalue weighted by molar-refractivity contribution is 6.16. The van der Waals surface area contributed by atoms with E-state index in [2.05, 4.69) is 9.97 Å². The molecular formula is C11H13ClN4O. The van der Waals surface area contributed by atoms with E-state index in [1.165, 1.54) is 4.90 Å². The predicted octanol–water partition coefficient (Wildman–Crippen LogP) is 1.26. The van der Waals surface area contributed by atoms with Crippen molar-refractivity contribution in [2.24, 2.45) is 0 Å². The second-order valence-corrected chi connectivity index (χ2v) is 4.15. The Morgan fingerprint density at radius 2 is 2.29 bits per heavy atom. The molecule has 0 atom stereocenters. The number of amides is 1. The quantitative estimate of drug-likeness (QED) is 0.773. The summed E-state index contributed by atoms with van der Waals surface area (Å²) in [5.74, 6) is 0.911. The van der Waals surface area contributed by atoms with E-state index in [-0.39, 0.29) is 18.3 Å². The van der Waals surface area contributed by atoms with Crippen LogP contribution < -0.4 is 0 Å². The minimum atomic E-state index is -0.0127. The number of likely N-dealkylation sites (N-methyl/N-ethyl adjacent to an activating group) is 1. The van der Waals surface area contributed by atoms with E-state index in [1.54, 1.807) is 24.9 Å². The Morgan fingerprint density at radius 3 is 2.94 bits per heavy atom. The van der Waals surface area contributed by atoms with Crippen LogP contribution in [0.5, 0.6) is 0 Å². The average Bonchev–Trinajstić information content (AvgIpc) is 2.67.